The van der Waals surface area contributed by atoms with Gasteiger partial charge in [-0.05, 0) is 30.4 Å². The number of hydrogen-bond donors (Lipinski definition) is 1. The number of halogens is 1. The molecule has 0 radical (unpaired) electrons. The smallest absolute Gasteiger partial charge is 0.150 e. The van der Waals surface area contributed by atoms with Gasteiger partial charge in [-0.1, -0.05) is 29.8 Å². The van der Waals surface area contributed by atoms with Crippen molar-refractivity contribution in [3.8, 4) is 0 Å². The minimum Gasteiger partial charge on any atom is -0.324 e. The van der Waals surface area contributed by atoms with Crippen LogP contribution in [0.1, 0.15) is 24.4 Å². The second kappa shape index (κ2) is 4.96. The number of nitrogens with two attached hydrogens (primary N) is 1. The minimum atomic E-state index is -2.92. The average molecular weight is 274 g/mol. The van der Waals surface area contributed by atoms with Crippen molar-refractivity contribution < 1.29 is 8.42 Å². The summed E-state index contributed by atoms with van der Waals surface area (Å²) in [6, 6.07) is 7.08. The second-order valence-electron chi connectivity index (χ2n) is 4.56. The van der Waals surface area contributed by atoms with Crippen LogP contribution in [-0.2, 0) is 9.84 Å². The van der Waals surface area contributed by atoms with Gasteiger partial charge in [0.05, 0.1) is 11.5 Å². The summed E-state index contributed by atoms with van der Waals surface area (Å²) in [5, 5.41) is 0.614. The van der Waals surface area contributed by atoms with Crippen molar-refractivity contribution in [1.82, 2.24) is 0 Å². The van der Waals surface area contributed by atoms with Crippen LogP contribution in [0.2, 0.25) is 5.02 Å². The lowest BCUT2D eigenvalue weighted by Crippen LogP contribution is -2.33. The molecule has 0 amide bonds. The molecule has 1 heterocycles. The highest BCUT2D eigenvalue weighted by atomic mass is 35.5. The van der Waals surface area contributed by atoms with Crippen molar-refractivity contribution in [2.75, 3.05) is 11.5 Å². The molecule has 1 aromatic rings. The molecule has 94 valence electrons. The highest BCUT2D eigenvalue weighted by Crippen LogP contribution is 2.32. The lowest BCUT2D eigenvalue weighted by molar-refractivity contribution is 0.415. The molecule has 1 aliphatic heterocycles. The van der Waals surface area contributed by atoms with E-state index in [9.17, 15) is 8.42 Å². The summed E-state index contributed by atoms with van der Waals surface area (Å²) in [6.45, 7) is 0. The van der Waals surface area contributed by atoms with Gasteiger partial charge in [-0.2, -0.15) is 0 Å². The third-order valence-electron chi connectivity index (χ3n) is 3.27. The maximum absolute atomic E-state index is 11.6. The van der Waals surface area contributed by atoms with Crippen molar-refractivity contribution in [2.45, 2.75) is 18.9 Å². The molecule has 0 bridgehead atoms. The van der Waals surface area contributed by atoms with Gasteiger partial charge in [0.15, 0.2) is 9.84 Å². The molecule has 2 unspecified atom stereocenters. The third-order valence-corrected chi connectivity index (χ3v) is 5.46. The molecule has 2 N–H and O–H groups in total. The zero-order chi connectivity index (χ0) is 12.5. The summed E-state index contributed by atoms with van der Waals surface area (Å²) in [5.74, 6) is 0.451. The summed E-state index contributed by atoms with van der Waals surface area (Å²) < 4.78 is 23.2. The molecule has 17 heavy (non-hydrogen) atoms. The first-order valence-corrected chi connectivity index (χ1v) is 7.90. The molecule has 2 rings (SSSR count). The fourth-order valence-corrected chi connectivity index (χ4v) is 4.40. The summed E-state index contributed by atoms with van der Waals surface area (Å²) in [7, 11) is -2.92. The molecule has 1 aromatic carbocycles. The molecule has 2 atom stereocenters. The van der Waals surface area contributed by atoms with Crippen LogP contribution in [-0.4, -0.2) is 19.9 Å². The Labute approximate surface area is 107 Å². The molecule has 1 saturated heterocycles. The van der Waals surface area contributed by atoms with Gasteiger partial charge in [0.1, 0.15) is 0 Å². The van der Waals surface area contributed by atoms with Crippen LogP contribution in [0, 0.1) is 5.92 Å². The van der Waals surface area contributed by atoms with Crippen molar-refractivity contribution in [2.24, 2.45) is 11.7 Å². The maximum atomic E-state index is 11.6. The van der Waals surface area contributed by atoms with Gasteiger partial charge >= 0.3 is 0 Å². The SMILES string of the molecule is NC(c1ccccc1Cl)C1CCCS(=O)(=O)C1. The first-order chi connectivity index (χ1) is 7.99. The Morgan fingerprint density at radius 1 is 1.35 bits per heavy atom. The standard InChI is InChI=1S/C12H16ClNO2S/c13-11-6-2-1-5-10(11)12(14)9-4-3-7-17(15,16)8-9/h1-2,5-6,9,12H,3-4,7-8,14H2. The normalized spacial score (nSPS) is 25.4. The monoisotopic (exact) mass is 273 g/mol. The van der Waals surface area contributed by atoms with E-state index in [0.29, 0.717) is 17.2 Å². The largest absolute Gasteiger partial charge is 0.324 e. The van der Waals surface area contributed by atoms with Crippen LogP contribution in [0.3, 0.4) is 0 Å². The summed E-state index contributed by atoms with van der Waals surface area (Å²) in [4.78, 5) is 0. The molecule has 0 aromatic heterocycles. The van der Waals surface area contributed by atoms with Gasteiger partial charge < -0.3 is 5.73 Å². The highest BCUT2D eigenvalue weighted by molar-refractivity contribution is 7.91. The zero-order valence-corrected chi connectivity index (χ0v) is 11.0. The van der Waals surface area contributed by atoms with Crippen LogP contribution in [0.5, 0.6) is 0 Å². The number of sulfone groups is 1. The van der Waals surface area contributed by atoms with Crippen LogP contribution in [0.15, 0.2) is 24.3 Å². The van der Waals surface area contributed by atoms with E-state index in [4.69, 9.17) is 17.3 Å². The van der Waals surface area contributed by atoms with Crippen LogP contribution in [0.4, 0.5) is 0 Å². The topological polar surface area (TPSA) is 60.2 Å². The van der Waals surface area contributed by atoms with Crippen molar-refractivity contribution in [3.05, 3.63) is 34.9 Å². The van der Waals surface area contributed by atoms with E-state index in [2.05, 4.69) is 0 Å². The van der Waals surface area contributed by atoms with Gasteiger partial charge in [0.2, 0.25) is 0 Å². The fraction of sp³-hybridized carbons (Fsp3) is 0.500. The van der Waals surface area contributed by atoms with Gasteiger partial charge in [0, 0.05) is 11.1 Å². The molecular weight excluding hydrogens is 258 g/mol. The Morgan fingerprint density at radius 2 is 2.06 bits per heavy atom. The Balaban J connectivity index is 2.21. The minimum absolute atomic E-state index is 0.0198. The Bertz CT molecular complexity index is 501. The molecule has 0 aliphatic carbocycles. The van der Waals surface area contributed by atoms with Crippen molar-refractivity contribution >= 4 is 21.4 Å². The first-order valence-electron chi connectivity index (χ1n) is 5.70. The van der Waals surface area contributed by atoms with Gasteiger partial charge in [0.25, 0.3) is 0 Å². The van der Waals surface area contributed by atoms with E-state index >= 15 is 0 Å². The van der Waals surface area contributed by atoms with Crippen molar-refractivity contribution in [3.63, 3.8) is 0 Å². The van der Waals surface area contributed by atoms with E-state index in [1.165, 1.54) is 0 Å². The Morgan fingerprint density at radius 3 is 2.71 bits per heavy atom. The van der Waals surface area contributed by atoms with Crippen LogP contribution >= 0.6 is 11.6 Å². The Kier molecular flexibility index (Phi) is 3.76. The first kappa shape index (κ1) is 12.9. The van der Waals surface area contributed by atoms with E-state index < -0.39 is 9.84 Å². The molecule has 5 heteroatoms. The average Bonchev–Trinajstić information content (AvgIpc) is 2.27. The van der Waals surface area contributed by atoms with Gasteiger partial charge in [-0.3, -0.25) is 0 Å². The van der Waals surface area contributed by atoms with Crippen LogP contribution in [0.25, 0.3) is 0 Å². The number of hydrogen-bond acceptors (Lipinski definition) is 3. The second-order valence-corrected chi connectivity index (χ2v) is 7.20. The summed E-state index contributed by atoms with van der Waals surface area (Å²) >= 11 is 6.08. The van der Waals surface area contributed by atoms with Crippen molar-refractivity contribution in [1.29, 1.82) is 0 Å². The summed E-state index contributed by atoms with van der Waals surface area (Å²) in [6.07, 6.45) is 1.55. The van der Waals surface area contributed by atoms with E-state index in [1.807, 2.05) is 18.2 Å². The lowest BCUT2D eigenvalue weighted by atomic mass is 9.91. The predicted octanol–water partition coefficient (Wildman–Crippen LogP) is 2.16. The number of benzene rings is 1. The molecule has 3 nitrogen and oxygen atoms in total. The maximum Gasteiger partial charge on any atom is 0.150 e. The van der Waals surface area contributed by atoms with E-state index in [0.717, 1.165) is 12.0 Å². The molecule has 0 spiro atoms. The third kappa shape index (κ3) is 3.00. The molecular formula is C12H16ClNO2S. The lowest BCUT2D eigenvalue weighted by Gasteiger charge is -2.28. The van der Waals surface area contributed by atoms with Gasteiger partial charge in [-0.25, -0.2) is 8.42 Å². The van der Waals surface area contributed by atoms with Crippen LogP contribution < -0.4 is 5.73 Å². The molecule has 0 saturated carbocycles. The van der Waals surface area contributed by atoms with Gasteiger partial charge in [-0.15, -0.1) is 0 Å². The van der Waals surface area contributed by atoms with E-state index in [-0.39, 0.29) is 17.7 Å². The Hall–Kier alpha value is -0.580. The molecule has 1 aliphatic rings. The van der Waals surface area contributed by atoms with E-state index in [1.54, 1.807) is 6.07 Å². The predicted molar refractivity (Wildman–Crippen MR) is 69.8 cm³/mol. The molecule has 1 fully saturated rings. The summed E-state index contributed by atoms with van der Waals surface area (Å²) in [5.41, 5.74) is 6.99. The number of rotatable bonds is 2. The zero-order valence-electron chi connectivity index (χ0n) is 9.47. The fourth-order valence-electron chi connectivity index (χ4n) is 2.34. The quantitative estimate of drug-likeness (QED) is 0.898. The highest BCUT2D eigenvalue weighted by Gasteiger charge is 2.30.